The second-order valence-corrected chi connectivity index (χ2v) is 17.6. The van der Waals surface area contributed by atoms with Crippen LogP contribution >= 0.6 is 0 Å². The molecule has 0 aromatic heterocycles. The van der Waals surface area contributed by atoms with Crippen LogP contribution in [0.2, 0.25) is 0 Å². The minimum atomic E-state index is -3.20. The summed E-state index contributed by atoms with van der Waals surface area (Å²) in [7, 11) is 0. The maximum atomic E-state index is 13.0. The van der Waals surface area contributed by atoms with Crippen LogP contribution < -0.4 is 16.0 Å². The van der Waals surface area contributed by atoms with Crippen LogP contribution in [0.1, 0.15) is 27.2 Å². The number of ether oxygens (including phenoxy) is 9. The summed E-state index contributed by atoms with van der Waals surface area (Å²) >= 11 is 0. The number of carbonyl (C=O) groups is 4. The predicted molar refractivity (Wildman–Crippen MR) is 219 cm³/mol. The molecule has 410 valence electrons. The molecule has 71 heavy (non-hydrogen) atoms. The molecule has 3 amide bonds. The molecule has 0 aromatic rings. The summed E-state index contributed by atoms with van der Waals surface area (Å²) in [5, 5.41) is 179. The number of hydrogen-bond acceptors (Lipinski definition) is 28. The van der Waals surface area contributed by atoms with E-state index in [1.807, 2.05) is 0 Å². The van der Waals surface area contributed by atoms with Crippen molar-refractivity contribution in [3.8, 4) is 0 Å². The lowest BCUT2D eigenvalue weighted by atomic mass is 9.88. The molecule has 0 spiro atoms. The zero-order valence-corrected chi connectivity index (χ0v) is 38.1. The average molecular weight is 1040 g/mol. The fourth-order valence-electron chi connectivity index (χ4n) is 8.93. The zero-order chi connectivity index (χ0) is 53.0. The Morgan fingerprint density at radius 3 is 1.41 bits per heavy atom. The van der Waals surface area contributed by atoms with Crippen LogP contribution in [0.4, 0.5) is 0 Å². The third-order valence-corrected chi connectivity index (χ3v) is 12.5. The van der Waals surface area contributed by atoms with Crippen molar-refractivity contribution in [3.63, 3.8) is 0 Å². The highest BCUT2D eigenvalue weighted by atomic mass is 16.8. The molecule has 19 N–H and O–H groups in total. The van der Waals surface area contributed by atoms with E-state index in [0.29, 0.717) is 0 Å². The van der Waals surface area contributed by atoms with E-state index in [9.17, 15) is 101 Å². The van der Waals surface area contributed by atoms with Gasteiger partial charge >= 0.3 is 5.97 Å². The normalized spacial score (nSPS) is 45.0. The van der Waals surface area contributed by atoms with Gasteiger partial charge in [0.2, 0.25) is 17.7 Å². The van der Waals surface area contributed by atoms with Crippen LogP contribution in [0.3, 0.4) is 0 Å². The van der Waals surface area contributed by atoms with Gasteiger partial charge in [0.05, 0.1) is 45.2 Å². The molecule has 5 aliphatic rings. The lowest BCUT2D eigenvalue weighted by Gasteiger charge is -2.51. The number of carboxylic acid groups (broad SMARTS) is 1. The summed E-state index contributed by atoms with van der Waals surface area (Å²) in [5.74, 6) is -7.77. The molecule has 0 aliphatic carbocycles. The molecule has 5 aliphatic heterocycles. The van der Waals surface area contributed by atoms with Crippen LogP contribution in [-0.4, -0.2) is 297 Å². The van der Waals surface area contributed by atoms with Gasteiger partial charge in [-0.3, -0.25) is 14.4 Å². The summed E-state index contributed by atoms with van der Waals surface area (Å²) in [6, 6.07) is -5.11. The van der Waals surface area contributed by atoms with Gasteiger partial charge < -0.3 is 140 Å². The van der Waals surface area contributed by atoms with E-state index in [1.54, 1.807) is 0 Å². The van der Waals surface area contributed by atoms with Gasteiger partial charge in [0.15, 0.2) is 25.2 Å². The molecule has 32 nitrogen and oxygen atoms in total. The number of rotatable bonds is 19. The molecule has 0 radical (unpaired) electrons. The van der Waals surface area contributed by atoms with Crippen molar-refractivity contribution in [2.45, 2.75) is 186 Å². The SMILES string of the molecule is CC(=O)N[C@@H]1[C@@H](O[C@@H]2O[C@H](CO)[C@H](O)[C@H](O[C@@H]3O[C@H](CO)[C@@H](O)[C@H](O[C@@H]4O[C@H](CO)[C@H](O)[C@H](O[C@]5(C(=O)O)C[C@H](O)[C@@H](NC(C)=O)[C@H]([C@H](O)[C@H](O)CO)O5)[C@H]4O)[C@H]3NC(C)=O)[C@H]2O)[C@H](O)[C@@H](CO)O[C@H]1O. The number of nitrogens with one attached hydrogen (secondary N) is 3. The Balaban J connectivity index is 1.46. The molecule has 0 bridgehead atoms. The van der Waals surface area contributed by atoms with E-state index < -0.39 is 222 Å². The molecule has 0 saturated carbocycles. The molecule has 5 fully saturated rings. The standard InChI is InChI=1S/C39H65N3O29/c1-10(48)40-19-13(51)4-39(38(61)62,70-31(19)22(53)14(52)5-43)71-33-26(57)18(9-47)66-37(28(33)59)68-30-21(42-12(3)50)35(64-16(7-45)24(30)55)69-32-25(56)17(8-46)65-36(27(32)58)67-29-20(41-11(2)49)34(60)63-15(6-44)23(29)54/h13-37,43-47,51-60H,4-9H2,1-3H3,(H,40,48)(H,41,49)(H,42,50)(H,61,62)/t13-,14+,15+,16+,17+,18+,19+,20+,21+,22+,23+,24+,25-,26-,27+,28+,29+,30+,31+,32-,33-,34+,35-,36-,37-,39-/m0/s1. The molecular weight excluding hydrogens is 974 g/mol. The van der Waals surface area contributed by atoms with Crippen molar-refractivity contribution in [3.05, 3.63) is 0 Å². The quantitative estimate of drug-likeness (QED) is 0.0571. The van der Waals surface area contributed by atoms with Crippen molar-refractivity contribution in [1.82, 2.24) is 16.0 Å². The van der Waals surface area contributed by atoms with Gasteiger partial charge in [0, 0.05) is 27.2 Å². The Bertz CT molecular complexity index is 1780. The highest BCUT2D eigenvalue weighted by molar-refractivity contribution is 5.77. The van der Waals surface area contributed by atoms with E-state index in [4.69, 9.17) is 42.6 Å². The first-order valence-corrected chi connectivity index (χ1v) is 22.2. The lowest BCUT2D eigenvalue weighted by molar-refractivity contribution is -0.387. The first kappa shape index (κ1) is 58.8. The zero-order valence-electron chi connectivity index (χ0n) is 38.1. The van der Waals surface area contributed by atoms with Crippen molar-refractivity contribution in [2.24, 2.45) is 0 Å². The number of aliphatic carboxylic acids is 1. The summed E-state index contributed by atoms with van der Waals surface area (Å²) in [6.45, 7) is -2.24. The molecule has 0 aromatic carbocycles. The molecule has 5 saturated heterocycles. The second-order valence-electron chi connectivity index (χ2n) is 17.6. The van der Waals surface area contributed by atoms with Crippen LogP contribution in [0.15, 0.2) is 0 Å². The maximum absolute atomic E-state index is 13.0. The lowest BCUT2D eigenvalue weighted by Crippen LogP contribution is -2.71. The summed E-state index contributed by atoms with van der Waals surface area (Å²) in [5.41, 5.74) is 0. The monoisotopic (exact) mass is 1040 g/mol. The minimum absolute atomic E-state index is 0.755. The third kappa shape index (κ3) is 12.9. The molecule has 32 heteroatoms. The summed E-state index contributed by atoms with van der Waals surface area (Å²) < 4.78 is 51.2. The number of hydrogen-bond donors (Lipinski definition) is 19. The topological polar surface area (TPSA) is 511 Å². The average Bonchev–Trinajstić information content (AvgIpc) is 3.31. The second kappa shape index (κ2) is 25.0. The van der Waals surface area contributed by atoms with Gasteiger partial charge in [-0.25, -0.2) is 4.79 Å². The van der Waals surface area contributed by atoms with Crippen molar-refractivity contribution in [1.29, 1.82) is 0 Å². The highest BCUT2D eigenvalue weighted by Crippen LogP contribution is 2.39. The van der Waals surface area contributed by atoms with Crippen molar-refractivity contribution < 1.29 is 144 Å². The first-order chi connectivity index (χ1) is 33.4. The maximum Gasteiger partial charge on any atom is 0.364 e. The van der Waals surface area contributed by atoms with Crippen LogP contribution in [0, 0.1) is 0 Å². The number of aliphatic hydroxyl groups is 15. The number of carbonyl (C=O) groups excluding carboxylic acids is 3. The van der Waals surface area contributed by atoms with Crippen molar-refractivity contribution >= 4 is 23.7 Å². The fourth-order valence-corrected chi connectivity index (χ4v) is 8.93. The summed E-state index contributed by atoms with van der Waals surface area (Å²) in [6.07, 6.45) is -45.6. The molecule has 26 atom stereocenters. The van der Waals surface area contributed by atoms with E-state index in [-0.39, 0.29) is 0 Å². The molecule has 0 unspecified atom stereocenters. The van der Waals surface area contributed by atoms with E-state index in [1.165, 1.54) is 0 Å². The number of aliphatic hydroxyl groups excluding tert-OH is 15. The van der Waals surface area contributed by atoms with E-state index >= 15 is 0 Å². The van der Waals surface area contributed by atoms with Gasteiger partial charge in [-0.05, 0) is 0 Å². The van der Waals surface area contributed by atoms with E-state index in [2.05, 4.69) is 16.0 Å². The first-order valence-electron chi connectivity index (χ1n) is 22.2. The van der Waals surface area contributed by atoms with Gasteiger partial charge in [0.1, 0.15) is 116 Å². The van der Waals surface area contributed by atoms with Gasteiger partial charge in [-0.2, -0.15) is 0 Å². The Morgan fingerprint density at radius 1 is 0.549 bits per heavy atom. The molecule has 5 rings (SSSR count). The fraction of sp³-hybridized carbons (Fsp3) is 0.897. The molecule has 5 heterocycles. The van der Waals surface area contributed by atoms with Gasteiger partial charge in [-0.15, -0.1) is 0 Å². The Hall–Kier alpha value is -3.08. The number of amides is 3. The largest absolute Gasteiger partial charge is 0.477 e. The summed E-state index contributed by atoms with van der Waals surface area (Å²) in [4.78, 5) is 49.8. The van der Waals surface area contributed by atoms with Crippen LogP contribution in [-0.2, 0) is 61.8 Å². The van der Waals surface area contributed by atoms with Crippen LogP contribution in [0.25, 0.3) is 0 Å². The Kier molecular flexibility index (Phi) is 20.7. The highest BCUT2D eigenvalue weighted by Gasteiger charge is 2.61. The minimum Gasteiger partial charge on any atom is -0.477 e. The molecular formula is C39H65N3O29. The van der Waals surface area contributed by atoms with E-state index in [0.717, 1.165) is 20.8 Å². The Morgan fingerprint density at radius 2 is 0.944 bits per heavy atom. The third-order valence-electron chi connectivity index (χ3n) is 12.5. The Labute approximate surface area is 402 Å². The smallest absolute Gasteiger partial charge is 0.364 e. The predicted octanol–water partition coefficient (Wildman–Crippen LogP) is -12.3. The van der Waals surface area contributed by atoms with Gasteiger partial charge in [0.25, 0.3) is 5.79 Å². The van der Waals surface area contributed by atoms with Crippen molar-refractivity contribution in [2.75, 3.05) is 33.0 Å². The van der Waals surface area contributed by atoms with Gasteiger partial charge in [-0.1, -0.05) is 0 Å². The van der Waals surface area contributed by atoms with Crippen LogP contribution in [0.5, 0.6) is 0 Å². The number of carboxylic acids is 1.